The van der Waals surface area contributed by atoms with Crippen molar-refractivity contribution < 1.29 is 18.7 Å². The van der Waals surface area contributed by atoms with Crippen molar-refractivity contribution in [3.63, 3.8) is 0 Å². The molecule has 5 aliphatic rings. The average Bonchev–Trinajstić information content (AvgIpc) is 3.25. The molecule has 0 radical (unpaired) electrons. The molecule has 2 bridgehead atoms. The van der Waals surface area contributed by atoms with Gasteiger partial charge in [-0.1, -0.05) is 6.42 Å². The first-order valence-electron chi connectivity index (χ1n) is 11.4. The summed E-state index contributed by atoms with van der Waals surface area (Å²) < 4.78 is 19.1. The molecule has 4 fully saturated rings. The number of nitrogens with one attached hydrogen (secondary N) is 3. The smallest absolute Gasteiger partial charge is 0.258 e. The predicted octanol–water partition coefficient (Wildman–Crippen LogP) is 2.56. The molecule has 1 saturated heterocycles. The summed E-state index contributed by atoms with van der Waals surface area (Å²) >= 11 is 5.85. The molecule has 2 amide bonds. The SMILES string of the molecule is O=C(COC1=CC(F)C(Cl)CC1)NC1CC2(C(=O)NCCC3CCCCN3)CC1C2. The fourth-order valence-electron chi connectivity index (χ4n) is 5.48. The van der Waals surface area contributed by atoms with E-state index in [0.29, 0.717) is 43.5 Å². The van der Waals surface area contributed by atoms with Gasteiger partial charge in [-0.3, -0.25) is 9.59 Å². The predicted molar refractivity (Wildman–Crippen MR) is 113 cm³/mol. The van der Waals surface area contributed by atoms with Gasteiger partial charge in [0.2, 0.25) is 5.91 Å². The summed E-state index contributed by atoms with van der Waals surface area (Å²) in [7, 11) is 0. The molecule has 0 aromatic carbocycles. The lowest BCUT2D eigenvalue weighted by Crippen LogP contribution is -2.46. The third-order valence-corrected chi connectivity index (χ3v) is 7.71. The first-order valence-corrected chi connectivity index (χ1v) is 11.8. The lowest BCUT2D eigenvalue weighted by atomic mass is 9.69. The Morgan fingerprint density at radius 3 is 2.83 bits per heavy atom. The first kappa shape index (κ1) is 21.9. The maximum atomic E-state index is 13.6. The van der Waals surface area contributed by atoms with Crippen LogP contribution in [0.5, 0.6) is 0 Å². The number of carbonyl (C=O) groups excluding carboxylic acids is 2. The highest BCUT2D eigenvalue weighted by Gasteiger charge is 2.60. The van der Waals surface area contributed by atoms with E-state index in [2.05, 4.69) is 16.0 Å². The molecular weight excluding hydrogens is 409 g/mol. The maximum absolute atomic E-state index is 13.6. The second-order valence-electron chi connectivity index (χ2n) is 9.44. The number of allylic oxidation sites excluding steroid dienone is 2. The van der Waals surface area contributed by atoms with Gasteiger partial charge < -0.3 is 20.7 Å². The number of hydrogen-bond donors (Lipinski definition) is 3. The van der Waals surface area contributed by atoms with Crippen molar-refractivity contribution in [3.05, 3.63) is 11.8 Å². The Hall–Kier alpha value is -1.34. The Morgan fingerprint density at radius 2 is 2.10 bits per heavy atom. The molecule has 4 aliphatic carbocycles. The highest BCUT2D eigenvalue weighted by atomic mass is 35.5. The second-order valence-corrected chi connectivity index (χ2v) is 10.00. The van der Waals surface area contributed by atoms with E-state index in [1.165, 1.54) is 25.3 Å². The summed E-state index contributed by atoms with van der Waals surface area (Å²) in [4.78, 5) is 25.0. The average molecular weight is 442 g/mol. The van der Waals surface area contributed by atoms with Crippen LogP contribution < -0.4 is 16.0 Å². The Kier molecular flexibility index (Phi) is 6.88. The van der Waals surface area contributed by atoms with E-state index in [1.54, 1.807) is 0 Å². The number of ether oxygens (including phenoxy) is 1. The topological polar surface area (TPSA) is 79.5 Å². The lowest BCUT2D eigenvalue weighted by Gasteiger charge is -2.37. The monoisotopic (exact) mass is 441 g/mol. The van der Waals surface area contributed by atoms with Crippen molar-refractivity contribution in [3.8, 4) is 0 Å². The van der Waals surface area contributed by atoms with Gasteiger partial charge in [-0.2, -0.15) is 0 Å². The van der Waals surface area contributed by atoms with E-state index in [9.17, 15) is 14.0 Å². The van der Waals surface area contributed by atoms with Crippen LogP contribution in [0.4, 0.5) is 4.39 Å². The number of fused-ring (bicyclic) bond motifs is 1. The minimum atomic E-state index is -1.23. The fraction of sp³-hybridized carbons (Fsp3) is 0.818. The fourth-order valence-corrected chi connectivity index (χ4v) is 5.66. The third kappa shape index (κ3) is 4.93. The van der Waals surface area contributed by atoms with E-state index in [4.69, 9.17) is 16.3 Å². The largest absolute Gasteiger partial charge is 0.488 e. The van der Waals surface area contributed by atoms with Crippen molar-refractivity contribution in [1.82, 2.24) is 16.0 Å². The first-order chi connectivity index (χ1) is 14.4. The third-order valence-electron chi connectivity index (χ3n) is 7.25. The molecule has 6 nitrogen and oxygen atoms in total. The van der Waals surface area contributed by atoms with Crippen LogP contribution in [0, 0.1) is 11.3 Å². The quantitative estimate of drug-likeness (QED) is 0.506. The van der Waals surface area contributed by atoms with E-state index < -0.39 is 11.5 Å². The van der Waals surface area contributed by atoms with Gasteiger partial charge in [0.1, 0.15) is 6.17 Å². The maximum Gasteiger partial charge on any atom is 0.258 e. The van der Waals surface area contributed by atoms with Crippen LogP contribution in [-0.4, -0.2) is 55.1 Å². The molecule has 0 aromatic heterocycles. The number of carbonyl (C=O) groups is 2. The molecule has 4 atom stereocenters. The molecule has 4 unspecified atom stereocenters. The molecule has 1 heterocycles. The molecule has 3 N–H and O–H groups in total. The normalized spacial score (nSPS) is 37.7. The summed E-state index contributed by atoms with van der Waals surface area (Å²) in [6, 6.07) is 0.539. The number of rotatable bonds is 8. The van der Waals surface area contributed by atoms with Gasteiger partial charge in [0, 0.05) is 25.0 Å². The molecule has 3 saturated carbocycles. The number of hydrogen-bond acceptors (Lipinski definition) is 4. The summed E-state index contributed by atoms with van der Waals surface area (Å²) in [5.41, 5.74) is -0.313. The van der Waals surface area contributed by atoms with Gasteiger partial charge in [0.05, 0.1) is 16.6 Å². The van der Waals surface area contributed by atoms with Crippen LogP contribution in [0.1, 0.15) is 57.8 Å². The zero-order valence-corrected chi connectivity index (χ0v) is 18.2. The van der Waals surface area contributed by atoms with Gasteiger partial charge in [0.15, 0.2) is 6.61 Å². The van der Waals surface area contributed by atoms with Crippen molar-refractivity contribution in [1.29, 1.82) is 0 Å². The standard InChI is InChI=1S/C22H33ClFN3O3/c23-17-5-4-16(9-18(17)24)30-13-20(28)27-19-12-22(10-14(19)11-22)21(29)26-8-6-15-3-1-2-7-25-15/h9,14-15,17-19,25H,1-8,10-13H2,(H,26,29)(H,27,28). The Balaban J connectivity index is 1.16. The Morgan fingerprint density at radius 1 is 1.27 bits per heavy atom. The van der Waals surface area contributed by atoms with Crippen LogP contribution >= 0.6 is 11.6 Å². The van der Waals surface area contributed by atoms with Crippen molar-refractivity contribution in [2.24, 2.45) is 11.3 Å². The summed E-state index contributed by atoms with van der Waals surface area (Å²) in [5.74, 6) is 0.782. The molecule has 0 spiro atoms. The minimum absolute atomic E-state index is 0.0216. The Labute approximate surface area is 182 Å². The van der Waals surface area contributed by atoms with Gasteiger partial charge in [-0.25, -0.2) is 4.39 Å². The number of piperidine rings is 1. The van der Waals surface area contributed by atoms with Gasteiger partial charge in [-0.15, -0.1) is 11.6 Å². The van der Waals surface area contributed by atoms with E-state index in [0.717, 1.165) is 25.8 Å². The van der Waals surface area contributed by atoms with Gasteiger partial charge in [0.25, 0.3) is 5.91 Å². The number of alkyl halides is 2. The highest BCUT2D eigenvalue weighted by molar-refractivity contribution is 6.21. The minimum Gasteiger partial charge on any atom is -0.488 e. The molecule has 168 valence electrons. The van der Waals surface area contributed by atoms with Crippen LogP contribution in [0.15, 0.2) is 11.8 Å². The molecular formula is C22H33ClFN3O3. The summed E-state index contributed by atoms with van der Waals surface area (Å²) in [6.45, 7) is 1.66. The second kappa shape index (κ2) is 9.43. The highest BCUT2D eigenvalue weighted by Crippen LogP contribution is 2.58. The molecule has 0 aromatic rings. The van der Waals surface area contributed by atoms with Crippen LogP contribution in [0.2, 0.25) is 0 Å². The van der Waals surface area contributed by atoms with Crippen LogP contribution in [0.3, 0.4) is 0 Å². The molecule has 5 rings (SSSR count). The van der Waals surface area contributed by atoms with Gasteiger partial charge in [-0.05, 0) is 63.5 Å². The molecule has 1 aliphatic heterocycles. The van der Waals surface area contributed by atoms with Crippen LogP contribution in [-0.2, 0) is 14.3 Å². The zero-order chi connectivity index (χ0) is 21.1. The van der Waals surface area contributed by atoms with Crippen molar-refractivity contribution in [2.75, 3.05) is 19.7 Å². The number of halogens is 2. The zero-order valence-electron chi connectivity index (χ0n) is 17.4. The van der Waals surface area contributed by atoms with Crippen molar-refractivity contribution >= 4 is 23.4 Å². The summed E-state index contributed by atoms with van der Waals surface area (Å²) in [6.07, 6.45) is 8.25. The Bertz CT molecular complexity index is 677. The van der Waals surface area contributed by atoms with Crippen LogP contribution in [0.25, 0.3) is 0 Å². The van der Waals surface area contributed by atoms with E-state index >= 15 is 0 Å². The lowest BCUT2D eigenvalue weighted by molar-refractivity contribution is -0.134. The number of amides is 2. The van der Waals surface area contributed by atoms with Gasteiger partial charge >= 0.3 is 0 Å². The molecule has 8 heteroatoms. The van der Waals surface area contributed by atoms with Crippen molar-refractivity contribution in [2.45, 2.75) is 81.4 Å². The van der Waals surface area contributed by atoms with E-state index in [-0.39, 0.29) is 29.9 Å². The van der Waals surface area contributed by atoms with E-state index in [1.807, 2.05) is 0 Å². The molecule has 30 heavy (non-hydrogen) atoms. The summed E-state index contributed by atoms with van der Waals surface area (Å²) in [5, 5.41) is 9.14.